The number of hydrogen-bond donors (Lipinski definition) is 4. The Hall–Kier alpha value is -4.75. The van der Waals surface area contributed by atoms with Gasteiger partial charge in [0.15, 0.2) is 5.82 Å². The predicted octanol–water partition coefficient (Wildman–Crippen LogP) is 5.35. The summed E-state index contributed by atoms with van der Waals surface area (Å²) in [4.78, 5) is 52.4. The van der Waals surface area contributed by atoms with E-state index in [0.717, 1.165) is 62.7 Å². The quantitative estimate of drug-likeness (QED) is 0.160. The zero-order chi connectivity index (χ0) is 36.8. The molecule has 0 bridgehead atoms. The number of rotatable bonds is 14. The summed E-state index contributed by atoms with van der Waals surface area (Å²) in [5.74, 6) is 0.981. The van der Waals surface area contributed by atoms with Gasteiger partial charge in [-0.3, -0.25) is 14.4 Å². The molecule has 2 amide bonds. The van der Waals surface area contributed by atoms with E-state index in [0.29, 0.717) is 47.2 Å². The van der Waals surface area contributed by atoms with Crippen LogP contribution in [0.1, 0.15) is 87.1 Å². The molecular weight excluding hydrogens is 662 g/mol. The van der Waals surface area contributed by atoms with Crippen molar-refractivity contribution in [3.63, 3.8) is 0 Å². The van der Waals surface area contributed by atoms with Crippen LogP contribution < -0.4 is 30.5 Å². The minimum absolute atomic E-state index is 0.0211. The van der Waals surface area contributed by atoms with Crippen molar-refractivity contribution in [3.05, 3.63) is 59.8 Å². The molecule has 13 heteroatoms. The number of nitrogens with zero attached hydrogens (tertiary/aromatic N) is 4. The summed E-state index contributed by atoms with van der Waals surface area (Å²) < 4.78 is 11.3. The first-order chi connectivity index (χ1) is 25.2. The second kappa shape index (κ2) is 16.7. The number of amides is 2. The minimum Gasteiger partial charge on any atom is -0.495 e. The second-order valence-electron chi connectivity index (χ2n) is 14.0. The van der Waals surface area contributed by atoms with Crippen LogP contribution in [0.4, 0.5) is 28.8 Å². The van der Waals surface area contributed by atoms with Crippen LogP contribution >= 0.6 is 0 Å². The fourth-order valence-electron chi connectivity index (χ4n) is 7.64. The molecule has 13 nitrogen and oxygen atoms in total. The third-order valence-electron chi connectivity index (χ3n) is 10.5. The second-order valence-corrected chi connectivity index (χ2v) is 14.0. The summed E-state index contributed by atoms with van der Waals surface area (Å²) in [6, 6.07) is 11.8. The molecule has 0 saturated heterocycles. The maximum Gasteiger partial charge on any atom is 0.323 e. The smallest absolute Gasteiger partial charge is 0.323 e. The molecule has 2 aromatic carbocycles. The van der Waals surface area contributed by atoms with E-state index in [1.807, 2.05) is 19.1 Å². The SMILES string of the molecule is CC[C@@H]1C(=O)N(C)c2cnc(Nc3ccc(C(=O)Nc4ccc(CC(O)C[C@H](NC)C(=O)OC5CCCC5)cc4)cc3OC)nc2N1C1CCCC1. The van der Waals surface area contributed by atoms with Crippen molar-refractivity contribution in [3.8, 4) is 5.75 Å². The number of aliphatic hydroxyl groups is 1. The first-order valence-electron chi connectivity index (χ1n) is 18.5. The lowest BCUT2D eigenvalue weighted by molar-refractivity contribution is -0.152. The van der Waals surface area contributed by atoms with Crippen molar-refractivity contribution in [2.24, 2.45) is 0 Å². The largest absolute Gasteiger partial charge is 0.495 e. The molecule has 2 heterocycles. The molecule has 1 aromatic heterocycles. The standard InChI is InChI=1S/C39H51N7O6/c1-5-32-37(49)45(3)33-23-41-39(44-35(33)46(32)27-10-6-7-11-27)43-30-19-16-25(21-34(30)51-4)36(48)42-26-17-14-24(15-18-26)20-28(47)22-31(40-2)38(50)52-29-12-8-9-13-29/h14-19,21,23,27-29,31-32,40,47H,5-13,20,22H2,1-4H3,(H,42,48)(H,41,43,44)/t28?,31-,32+/m0/s1. The number of benzene rings is 2. The highest BCUT2D eigenvalue weighted by Gasteiger charge is 2.41. The molecule has 0 radical (unpaired) electrons. The van der Waals surface area contributed by atoms with Gasteiger partial charge in [0.25, 0.3) is 5.91 Å². The summed E-state index contributed by atoms with van der Waals surface area (Å²) in [5, 5.41) is 19.9. The molecule has 3 aromatic rings. The van der Waals surface area contributed by atoms with Gasteiger partial charge >= 0.3 is 5.97 Å². The van der Waals surface area contributed by atoms with Gasteiger partial charge in [0.05, 0.1) is 25.1 Å². The van der Waals surface area contributed by atoms with E-state index < -0.39 is 12.1 Å². The summed E-state index contributed by atoms with van der Waals surface area (Å²) in [7, 11) is 5.01. The molecule has 3 atom stereocenters. The Morgan fingerprint density at radius 3 is 2.42 bits per heavy atom. The van der Waals surface area contributed by atoms with Gasteiger partial charge in [0, 0.05) is 24.3 Å². The van der Waals surface area contributed by atoms with Gasteiger partial charge in [-0.25, -0.2) is 4.98 Å². The number of carbonyl (C=O) groups excluding carboxylic acids is 3. The molecule has 2 fully saturated rings. The number of aromatic nitrogens is 2. The molecule has 52 heavy (non-hydrogen) atoms. The number of nitrogens with one attached hydrogen (secondary N) is 3. The number of fused-ring (bicyclic) bond motifs is 1. The highest BCUT2D eigenvalue weighted by atomic mass is 16.5. The van der Waals surface area contributed by atoms with E-state index in [9.17, 15) is 19.5 Å². The van der Waals surface area contributed by atoms with Gasteiger partial charge in [-0.1, -0.05) is 31.9 Å². The van der Waals surface area contributed by atoms with Crippen LogP contribution in [0.3, 0.4) is 0 Å². The average molecular weight is 714 g/mol. The highest BCUT2D eigenvalue weighted by Crippen LogP contribution is 2.40. The highest BCUT2D eigenvalue weighted by molar-refractivity contribution is 6.05. The zero-order valence-electron chi connectivity index (χ0n) is 30.6. The molecule has 2 aliphatic carbocycles. The van der Waals surface area contributed by atoms with Crippen LogP contribution in [-0.2, 0) is 20.7 Å². The first-order valence-corrected chi connectivity index (χ1v) is 18.5. The van der Waals surface area contributed by atoms with Crippen LogP contribution in [-0.4, -0.2) is 84.4 Å². The molecule has 4 N–H and O–H groups in total. The lowest BCUT2D eigenvalue weighted by Gasteiger charge is -2.43. The van der Waals surface area contributed by atoms with Gasteiger partial charge in [0.2, 0.25) is 11.9 Å². The number of likely N-dealkylation sites (N-methyl/N-ethyl adjacent to an activating group) is 2. The van der Waals surface area contributed by atoms with Gasteiger partial charge in [-0.05, 0) is 101 Å². The Kier molecular flexibility index (Phi) is 11.9. The fourth-order valence-corrected chi connectivity index (χ4v) is 7.64. The lowest BCUT2D eigenvalue weighted by atomic mass is 10.0. The van der Waals surface area contributed by atoms with Crippen molar-refractivity contribution in [2.45, 2.75) is 108 Å². The Labute approximate surface area is 305 Å². The minimum atomic E-state index is -0.745. The Morgan fingerprint density at radius 2 is 1.75 bits per heavy atom. The number of methoxy groups -OCH3 is 1. The van der Waals surface area contributed by atoms with E-state index in [4.69, 9.17) is 14.5 Å². The first kappa shape index (κ1) is 37.0. The third kappa shape index (κ3) is 8.31. The maximum absolute atomic E-state index is 13.3. The van der Waals surface area contributed by atoms with E-state index in [1.54, 1.807) is 55.5 Å². The van der Waals surface area contributed by atoms with Crippen molar-refractivity contribution in [1.29, 1.82) is 0 Å². The van der Waals surface area contributed by atoms with E-state index in [1.165, 1.54) is 7.11 Å². The number of aliphatic hydroxyl groups excluding tert-OH is 1. The van der Waals surface area contributed by atoms with Crippen molar-refractivity contribution in [1.82, 2.24) is 15.3 Å². The molecule has 6 rings (SSSR count). The third-order valence-corrected chi connectivity index (χ3v) is 10.5. The van der Waals surface area contributed by atoms with Crippen molar-refractivity contribution in [2.75, 3.05) is 41.6 Å². The fraction of sp³-hybridized carbons (Fsp3) is 0.513. The van der Waals surface area contributed by atoms with Crippen LogP contribution in [0.2, 0.25) is 0 Å². The molecule has 3 aliphatic rings. The van der Waals surface area contributed by atoms with E-state index >= 15 is 0 Å². The van der Waals surface area contributed by atoms with Crippen molar-refractivity contribution >= 4 is 46.6 Å². The Balaban J connectivity index is 1.08. The molecular formula is C39H51N7O6. The van der Waals surface area contributed by atoms with Crippen LogP contribution in [0.5, 0.6) is 5.75 Å². The summed E-state index contributed by atoms with van der Waals surface area (Å²) in [5.41, 5.74) is 3.15. The number of carbonyl (C=O) groups is 3. The number of esters is 1. The lowest BCUT2D eigenvalue weighted by Crippen LogP contribution is -2.55. The van der Waals surface area contributed by atoms with Gasteiger partial charge in [-0.15, -0.1) is 0 Å². The van der Waals surface area contributed by atoms with Crippen LogP contribution in [0.25, 0.3) is 0 Å². The van der Waals surface area contributed by atoms with Crippen molar-refractivity contribution < 1.29 is 29.0 Å². The summed E-state index contributed by atoms with van der Waals surface area (Å²) >= 11 is 0. The van der Waals surface area contributed by atoms with Crippen LogP contribution in [0, 0.1) is 0 Å². The molecule has 2 saturated carbocycles. The normalized spacial score (nSPS) is 18.9. The molecule has 0 spiro atoms. The average Bonchev–Trinajstić information content (AvgIpc) is 3.88. The summed E-state index contributed by atoms with van der Waals surface area (Å²) in [6.07, 6.45) is 10.5. The summed E-state index contributed by atoms with van der Waals surface area (Å²) in [6.45, 7) is 2.04. The number of anilines is 5. The number of ether oxygens (including phenoxy) is 2. The predicted molar refractivity (Wildman–Crippen MR) is 200 cm³/mol. The monoisotopic (exact) mass is 713 g/mol. The van der Waals surface area contributed by atoms with E-state index in [-0.39, 0.29) is 42.4 Å². The topological polar surface area (TPSA) is 158 Å². The van der Waals surface area contributed by atoms with Gasteiger partial charge in [-0.2, -0.15) is 4.98 Å². The Morgan fingerprint density at radius 1 is 1.04 bits per heavy atom. The molecule has 278 valence electrons. The molecule has 1 unspecified atom stereocenters. The van der Waals surface area contributed by atoms with E-state index in [2.05, 4.69) is 25.8 Å². The van der Waals surface area contributed by atoms with Gasteiger partial charge < -0.3 is 40.3 Å². The Bertz CT molecular complexity index is 1720. The zero-order valence-corrected chi connectivity index (χ0v) is 30.6. The van der Waals surface area contributed by atoms with Gasteiger partial charge in [0.1, 0.15) is 29.6 Å². The van der Waals surface area contributed by atoms with Crippen LogP contribution in [0.15, 0.2) is 48.7 Å². The number of hydrogen-bond acceptors (Lipinski definition) is 11. The molecule has 1 aliphatic heterocycles. The maximum atomic E-state index is 13.3.